The third-order valence-corrected chi connectivity index (χ3v) is 1.70. The first kappa shape index (κ1) is 10.5. The molecule has 2 aromatic heterocycles. The number of carboxylic acid groups (broad SMARTS) is 1. The molecule has 1 N–H and O–H groups in total. The molecule has 2 rings (SSSR count). The number of rotatable bonds is 2. The molecule has 2 aromatic rings. The fourth-order valence-corrected chi connectivity index (χ4v) is 1.16. The second-order valence-electron chi connectivity index (χ2n) is 2.61. The molecule has 0 fully saturated rings. The summed E-state index contributed by atoms with van der Waals surface area (Å²) in [5.74, 6) is -0.343. The van der Waals surface area contributed by atoms with Crippen molar-refractivity contribution in [2.45, 2.75) is 6.42 Å². The maximum absolute atomic E-state index is 10.4. The van der Waals surface area contributed by atoms with E-state index in [1.807, 2.05) is 0 Å². The van der Waals surface area contributed by atoms with E-state index >= 15 is 0 Å². The first-order chi connectivity index (χ1) is 6.27. The first-order valence-electron chi connectivity index (χ1n) is 3.76. The molecule has 6 heteroatoms. The lowest BCUT2D eigenvalue weighted by molar-refractivity contribution is -0.136. The maximum atomic E-state index is 10.4. The molecule has 0 saturated heterocycles. The molecule has 2 heterocycles. The van der Waals surface area contributed by atoms with Crippen LogP contribution in [0.4, 0.5) is 0 Å². The monoisotopic (exact) mass is 213 g/mol. The van der Waals surface area contributed by atoms with Gasteiger partial charge in [-0.25, -0.2) is 9.97 Å². The molecule has 0 radical (unpaired) electrons. The van der Waals surface area contributed by atoms with Crippen molar-refractivity contribution in [1.29, 1.82) is 0 Å². The quantitative estimate of drug-likeness (QED) is 0.801. The summed E-state index contributed by atoms with van der Waals surface area (Å²) < 4.78 is 1.66. The van der Waals surface area contributed by atoms with Gasteiger partial charge in [-0.05, 0) is 6.07 Å². The van der Waals surface area contributed by atoms with Crippen molar-refractivity contribution in [3.05, 3.63) is 30.4 Å². The smallest absolute Gasteiger partial charge is 0.309 e. The predicted octanol–water partition coefficient (Wildman–Crippen LogP) is 0.778. The predicted molar refractivity (Wildman–Crippen MR) is 51.6 cm³/mol. The van der Waals surface area contributed by atoms with Gasteiger partial charge in [0.25, 0.3) is 0 Å². The van der Waals surface area contributed by atoms with E-state index in [1.54, 1.807) is 22.9 Å². The molecule has 5 nitrogen and oxygen atoms in total. The number of hydrogen-bond donors (Lipinski definition) is 1. The Kier molecular flexibility index (Phi) is 3.03. The van der Waals surface area contributed by atoms with Gasteiger partial charge in [-0.15, -0.1) is 12.4 Å². The van der Waals surface area contributed by atoms with Crippen molar-refractivity contribution < 1.29 is 9.90 Å². The van der Waals surface area contributed by atoms with Crippen molar-refractivity contribution in [1.82, 2.24) is 14.4 Å². The van der Waals surface area contributed by atoms with Crippen molar-refractivity contribution in [3.63, 3.8) is 0 Å². The minimum atomic E-state index is -0.870. The van der Waals surface area contributed by atoms with Gasteiger partial charge in [0.1, 0.15) is 0 Å². The SMILES string of the molecule is Cl.O=C(O)Cc1cnc2ncccn12. The summed E-state index contributed by atoms with van der Waals surface area (Å²) >= 11 is 0. The molecular weight excluding hydrogens is 206 g/mol. The lowest BCUT2D eigenvalue weighted by Gasteiger charge is -1.95. The van der Waals surface area contributed by atoms with Crippen LogP contribution in [-0.2, 0) is 11.2 Å². The van der Waals surface area contributed by atoms with Gasteiger partial charge in [-0.2, -0.15) is 0 Å². The second-order valence-corrected chi connectivity index (χ2v) is 2.61. The van der Waals surface area contributed by atoms with Crippen molar-refractivity contribution in [2.24, 2.45) is 0 Å². The van der Waals surface area contributed by atoms with Crippen LogP contribution in [0.3, 0.4) is 0 Å². The molecule has 14 heavy (non-hydrogen) atoms. The second kappa shape index (κ2) is 4.06. The molecule has 0 amide bonds. The highest BCUT2D eigenvalue weighted by atomic mass is 35.5. The fraction of sp³-hybridized carbons (Fsp3) is 0.125. The minimum Gasteiger partial charge on any atom is -0.481 e. The van der Waals surface area contributed by atoms with E-state index in [4.69, 9.17) is 5.11 Å². The van der Waals surface area contributed by atoms with E-state index < -0.39 is 5.97 Å². The van der Waals surface area contributed by atoms with Gasteiger partial charge in [-0.1, -0.05) is 0 Å². The maximum Gasteiger partial charge on any atom is 0.309 e. The van der Waals surface area contributed by atoms with Crippen molar-refractivity contribution >= 4 is 24.2 Å². The summed E-state index contributed by atoms with van der Waals surface area (Å²) in [5.41, 5.74) is 0.635. The zero-order valence-electron chi connectivity index (χ0n) is 7.12. The average molecular weight is 214 g/mol. The Morgan fingerprint density at radius 3 is 3.00 bits per heavy atom. The number of carboxylic acids is 1. The van der Waals surface area contributed by atoms with Gasteiger partial charge >= 0.3 is 5.97 Å². The number of aromatic nitrogens is 3. The number of aliphatic carboxylic acids is 1. The molecule has 0 spiro atoms. The Bertz CT molecular complexity index is 455. The third-order valence-electron chi connectivity index (χ3n) is 1.70. The van der Waals surface area contributed by atoms with Crippen LogP contribution in [0.5, 0.6) is 0 Å². The molecule has 0 unspecified atom stereocenters. The number of halogens is 1. The fourth-order valence-electron chi connectivity index (χ4n) is 1.16. The van der Waals surface area contributed by atoms with Gasteiger partial charge in [-0.3, -0.25) is 9.20 Å². The van der Waals surface area contributed by atoms with E-state index in [9.17, 15) is 4.79 Å². The van der Waals surface area contributed by atoms with E-state index in [-0.39, 0.29) is 18.8 Å². The van der Waals surface area contributed by atoms with Gasteiger partial charge in [0.15, 0.2) is 0 Å². The highest BCUT2D eigenvalue weighted by molar-refractivity contribution is 5.85. The molecule has 0 bridgehead atoms. The number of nitrogens with zero attached hydrogens (tertiary/aromatic N) is 3. The number of fused-ring (bicyclic) bond motifs is 1. The van der Waals surface area contributed by atoms with Crippen LogP contribution in [-0.4, -0.2) is 25.4 Å². The third kappa shape index (κ3) is 1.82. The van der Waals surface area contributed by atoms with Crippen LogP contribution in [0, 0.1) is 0 Å². The van der Waals surface area contributed by atoms with Crippen LogP contribution in [0.1, 0.15) is 5.69 Å². The molecule has 0 aliphatic rings. The van der Waals surface area contributed by atoms with Gasteiger partial charge < -0.3 is 5.11 Å². The number of imidazole rings is 1. The summed E-state index contributed by atoms with van der Waals surface area (Å²) in [6.45, 7) is 0. The molecular formula is C8H8ClN3O2. The van der Waals surface area contributed by atoms with Gasteiger partial charge in [0, 0.05) is 12.4 Å². The van der Waals surface area contributed by atoms with Crippen molar-refractivity contribution in [3.8, 4) is 0 Å². The summed E-state index contributed by atoms with van der Waals surface area (Å²) in [6, 6.07) is 1.74. The van der Waals surface area contributed by atoms with E-state index in [0.717, 1.165) is 0 Å². The minimum absolute atomic E-state index is 0. The van der Waals surface area contributed by atoms with Gasteiger partial charge in [0.2, 0.25) is 5.78 Å². The molecule has 0 aromatic carbocycles. The topological polar surface area (TPSA) is 67.5 Å². The number of carbonyl (C=O) groups is 1. The molecule has 0 aliphatic heterocycles. The summed E-state index contributed by atoms with van der Waals surface area (Å²) in [6.07, 6.45) is 4.85. The van der Waals surface area contributed by atoms with Crippen LogP contribution < -0.4 is 0 Å². The first-order valence-corrected chi connectivity index (χ1v) is 3.76. The summed E-state index contributed by atoms with van der Waals surface area (Å²) in [4.78, 5) is 18.4. The van der Waals surface area contributed by atoms with Gasteiger partial charge in [0.05, 0.1) is 18.3 Å². The lowest BCUT2D eigenvalue weighted by atomic mass is 10.3. The van der Waals surface area contributed by atoms with E-state index in [0.29, 0.717) is 11.5 Å². The largest absolute Gasteiger partial charge is 0.481 e. The summed E-state index contributed by atoms with van der Waals surface area (Å²) in [5, 5.41) is 8.58. The summed E-state index contributed by atoms with van der Waals surface area (Å²) in [7, 11) is 0. The van der Waals surface area contributed by atoms with Crippen LogP contribution >= 0.6 is 12.4 Å². The van der Waals surface area contributed by atoms with Crippen LogP contribution in [0.25, 0.3) is 5.78 Å². The van der Waals surface area contributed by atoms with E-state index in [1.165, 1.54) is 6.20 Å². The zero-order chi connectivity index (χ0) is 9.26. The Labute approximate surface area is 85.8 Å². The zero-order valence-corrected chi connectivity index (χ0v) is 7.94. The Morgan fingerprint density at radius 2 is 2.29 bits per heavy atom. The Morgan fingerprint density at radius 1 is 1.50 bits per heavy atom. The molecule has 0 aliphatic carbocycles. The number of hydrogen-bond acceptors (Lipinski definition) is 3. The highest BCUT2D eigenvalue weighted by Crippen LogP contribution is 2.03. The average Bonchev–Trinajstić information content (AvgIpc) is 2.48. The Hall–Kier alpha value is -1.62. The van der Waals surface area contributed by atoms with Crippen molar-refractivity contribution in [2.75, 3.05) is 0 Å². The normalized spacial score (nSPS) is 9.71. The van der Waals surface area contributed by atoms with E-state index in [2.05, 4.69) is 9.97 Å². The molecule has 0 saturated carbocycles. The highest BCUT2D eigenvalue weighted by Gasteiger charge is 2.06. The van der Waals surface area contributed by atoms with Crippen LogP contribution in [0.2, 0.25) is 0 Å². The lowest BCUT2D eigenvalue weighted by Crippen LogP contribution is -2.03. The molecule has 0 atom stereocenters. The standard InChI is InChI=1S/C8H7N3O2.ClH/c12-7(13)4-6-5-10-8-9-2-1-3-11(6)8;/h1-3,5H,4H2,(H,12,13);1H. The molecule has 74 valence electrons. The Balaban J connectivity index is 0.000000980. The van der Waals surface area contributed by atoms with Crippen LogP contribution in [0.15, 0.2) is 24.7 Å².